The van der Waals surface area contributed by atoms with Crippen molar-refractivity contribution in [2.24, 2.45) is 5.92 Å². The molecule has 3 unspecified atom stereocenters. The van der Waals surface area contributed by atoms with Crippen molar-refractivity contribution in [3.63, 3.8) is 0 Å². The van der Waals surface area contributed by atoms with Crippen molar-refractivity contribution in [1.82, 2.24) is 0 Å². The van der Waals surface area contributed by atoms with Crippen LogP contribution in [0.5, 0.6) is 0 Å². The highest BCUT2D eigenvalue weighted by Gasteiger charge is 2.51. The molecule has 1 fully saturated rings. The lowest BCUT2D eigenvalue weighted by Gasteiger charge is -2.43. The van der Waals surface area contributed by atoms with Crippen molar-refractivity contribution in [2.45, 2.75) is 83.5 Å². The Hall–Kier alpha value is -1.83. The van der Waals surface area contributed by atoms with E-state index in [-0.39, 0.29) is 6.42 Å². The van der Waals surface area contributed by atoms with E-state index >= 15 is 0 Å². The van der Waals surface area contributed by atoms with Crippen LogP contribution in [0.1, 0.15) is 40.5 Å². The molecule has 0 aromatic carbocycles. The third-order valence-corrected chi connectivity index (χ3v) is 4.95. The van der Waals surface area contributed by atoms with Crippen LogP contribution in [0.25, 0.3) is 0 Å². The fraction of sp³-hybridized carbons (Fsp3) is 0.850. The van der Waals surface area contributed by atoms with Gasteiger partial charge in [-0.05, 0) is 6.42 Å². The molecule has 0 spiro atoms. The van der Waals surface area contributed by atoms with E-state index in [4.69, 9.17) is 28.8 Å². The first-order valence-electron chi connectivity index (χ1n) is 10.5. The summed E-state index contributed by atoms with van der Waals surface area (Å²) in [6, 6.07) is 0. The fourth-order valence-corrected chi connectivity index (χ4v) is 2.70. The fourth-order valence-electron chi connectivity index (χ4n) is 2.70. The van der Waals surface area contributed by atoms with Crippen LogP contribution in [-0.2, 0) is 38.1 Å². The van der Waals surface area contributed by atoms with Crippen molar-refractivity contribution in [1.29, 1.82) is 0 Å². The minimum Gasteiger partial charge on any atom is -0.463 e. The number of rotatable bonds is 12. The minimum absolute atomic E-state index is 0.0337. The molecule has 1 heterocycles. The second-order valence-electron chi connectivity index (χ2n) is 7.51. The number of aliphatic hydroxyl groups excluding tert-OH is 4. The molecular weight excluding hydrogens is 432 g/mol. The molecule has 1 saturated heterocycles. The molecule has 1 aliphatic heterocycles. The highest BCUT2D eigenvalue weighted by atomic mass is 16.7. The smallest absolute Gasteiger partial charge is 0.309 e. The van der Waals surface area contributed by atoms with Crippen molar-refractivity contribution < 1.29 is 58.5 Å². The van der Waals surface area contributed by atoms with E-state index in [0.29, 0.717) is 6.42 Å². The number of hydrogen-bond acceptors (Lipinski definition) is 12. The molecule has 0 aromatic heterocycles. The summed E-state index contributed by atoms with van der Waals surface area (Å²) in [6.45, 7) is 4.39. The van der Waals surface area contributed by atoms with Crippen LogP contribution in [0.3, 0.4) is 0 Å². The Morgan fingerprint density at radius 2 is 1.72 bits per heavy atom. The quantitative estimate of drug-likeness (QED) is 0.196. The molecule has 0 bridgehead atoms. The lowest BCUT2D eigenvalue weighted by Crippen LogP contribution is -2.62. The summed E-state index contributed by atoms with van der Waals surface area (Å²) in [4.78, 5) is 35.6. The summed E-state index contributed by atoms with van der Waals surface area (Å²) in [5.41, 5.74) is 0. The number of esters is 3. The van der Waals surface area contributed by atoms with Gasteiger partial charge in [0.15, 0.2) is 18.5 Å². The molecule has 0 aromatic rings. The summed E-state index contributed by atoms with van der Waals surface area (Å²) < 4.78 is 26.7. The molecule has 1 rings (SSSR count). The Morgan fingerprint density at radius 1 is 1.06 bits per heavy atom. The third kappa shape index (κ3) is 8.26. The highest BCUT2D eigenvalue weighted by Crippen LogP contribution is 2.29. The van der Waals surface area contributed by atoms with E-state index in [2.05, 4.69) is 0 Å². The summed E-state index contributed by atoms with van der Waals surface area (Å²) >= 11 is 0. The molecule has 1 aliphatic rings. The predicted molar refractivity (Wildman–Crippen MR) is 106 cm³/mol. The zero-order valence-corrected chi connectivity index (χ0v) is 18.7. The lowest BCUT2D eigenvalue weighted by molar-refractivity contribution is -0.311. The first-order chi connectivity index (χ1) is 15.0. The average Bonchev–Trinajstić information content (AvgIpc) is 2.77. The molecule has 12 heteroatoms. The first-order valence-corrected chi connectivity index (χ1v) is 10.5. The largest absolute Gasteiger partial charge is 0.463 e. The van der Waals surface area contributed by atoms with Gasteiger partial charge in [-0.2, -0.15) is 0 Å². The normalized spacial score (nSPS) is 28.3. The third-order valence-electron chi connectivity index (χ3n) is 4.95. The van der Waals surface area contributed by atoms with E-state index < -0.39 is 86.6 Å². The van der Waals surface area contributed by atoms with Gasteiger partial charge in [0.25, 0.3) is 0 Å². The Balaban J connectivity index is 3.18. The maximum absolute atomic E-state index is 12.4. The van der Waals surface area contributed by atoms with Crippen molar-refractivity contribution in [3.05, 3.63) is 0 Å². The molecule has 0 saturated carbocycles. The summed E-state index contributed by atoms with van der Waals surface area (Å²) in [5, 5.41) is 39.1. The Labute approximate surface area is 186 Å². The zero-order valence-electron chi connectivity index (χ0n) is 18.7. The number of carbonyl (C=O) groups is 3. The van der Waals surface area contributed by atoms with Gasteiger partial charge in [-0.1, -0.05) is 20.8 Å². The molecule has 0 aliphatic carbocycles. The van der Waals surface area contributed by atoms with Gasteiger partial charge < -0.3 is 44.1 Å². The summed E-state index contributed by atoms with van der Waals surface area (Å²) in [5.74, 6) is -2.51. The summed E-state index contributed by atoms with van der Waals surface area (Å²) in [7, 11) is 0. The van der Waals surface area contributed by atoms with Crippen molar-refractivity contribution >= 4 is 17.9 Å². The van der Waals surface area contributed by atoms with Crippen LogP contribution in [0.2, 0.25) is 0 Å². The molecule has 0 amide bonds. The van der Waals surface area contributed by atoms with Crippen LogP contribution >= 0.6 is 0 Å². The van der Waals surface area contributed by atoms with Gasteiger partial charge in [-0.3, -0.25) is 14.4 Å². The van der Waals surface area contributed by atoms with Gasteiger partial charge in [-0.25, -0.2) is 0 Å². The van der Waals surface area contributed by atoms with E-state index in [1.807, 2.05) is 0 Å². The van der Waals surface area contributed by atoms with Gasteiger partial charge in [0.1, 0.15) is 31.0 Å². The maximum Gasteiger partial charge on any atom is 0.309 e. The monoisotopic (exact) mass is 466 g/mol. The van der Waals surface area contributed by atoms with E-state index in [1.54, 1.807) is 13.8 Å². The average molecular weight is 466 g/mol. The van der Waals surface area contributed by atoms with Gasteiger partial charge >= 0.3 is 17.9 Å². The van der Waals surface area contributed by atoms with Gasteiger partial charge in [0.05, 0.1) is 19.1 Å². The number of ether oxygens (including phenoxy) is 5. The van der Waals surface area contributed by atoms with Crippen LogP contribution in [0, 0.1) is 5.92 Å². The Kier molecular flexibility index (Phi) is 12.0. The van der Waals surface area contributed by atoms with Crippen molar-refractivity contribution in [3.8, 4) is 0 Å². The number of carbonyl (C=O) groups excluding carboxylic acids is 3. The Bertz CT molecular complexity index is 611. The second kappa shape index (κ2) is 13.7. The molecule has 32 heavy (non-hydrogen) atoms. The molecule has 12 nitrogen and oxygen atoms in total. The molecular formula is C20H34O12. The topological polar surface area (TPSA) is 178 Å². The molecule has 0 radical (unpaired) electrons. The number of hydrogen-bond donors (Lipinski definition) is 4. The molecule has 8 atom stereocenters. The summed E-state index contributed by atoms with van der Waals surface area (Å²) in [6.07, 6.45) is -9.63. The van der Waals surface area contributed by atoms with Crippen LogP contribution < -0.4 is 0 Å². The Morgan fingerprint density at radius 3 is 2.25 bits per heavy atom. The van der Waals surface area contributed by atoms with Crippen LogP contribution in [0.15, 0.2) is 0 Å². The first kappa shape index (κ1) is 28.2. The number of aliphatic hydroxyl groups is 4. The standard InChI is InChI=1S/C20H34O12/c1-5-10(3)19(27)32-17-16(26)14(9-28-11(4)22)30-20(18(17)31-15(25)6-2)29-8-13(24)12(23)7-21/h10,12-14,16-18,20-21,23-24,26H,5-9H2,1-4H3/t10-,12+,13-,14?,16-,17?,18?,20-/m1/s1. The van der Waals surface area contributed by atoms with Crippen LogP contribution in [0.4, 0.5) is 0 Å². The molecule has 4 N–H and O–H groups in total. The zero-order chi connectivity index (χ0) is 24.4. The van der Waals surface area contributed by atoms with E-state index in [0.717, 1.165) is 6.92 Å². The lowest BCUT2D eigenvalue weighted by atomic mass is 9.98. The van der Waals surface area contributed by atoms with Gasteiger partial charge in [-0.15, -0.1) is 0 Å². The minimum atomic E-state index is -1.54. The highest BCUT2D eigenvalue weighted by molar-refractivity contribution is 5.72. The van der Waals surface area contributed by atoms with Crippen LogP contribution in [-0.4, -0.2) is 101 Å². The predicted octanol–water partition coefficient (Wildman–Crippen LogP) is -1.35. The molecule has 186 valence electrons. The van der Waals surface area contributed by atoms with Gasteiger partial charge in [0.2, 0.25) is 0 Å². The van der Waals surface area contributed by atoms with Gasteiger partial charge in [0, 0.05) is 13.3 Å². The SMILES string of the molecule is CCC(=O)OC1C(OC(=O)[C@H](C)CC)[C@H](O)C(COC(C)=O)O[C@H]1OC[C@@H](O)[C@@H](O)CO. The maximum atomic E-state index is 12.4. The second-order valence-corrected chi connectivity index (χ2v) is 7.51. The van der Waals surface area contributed by atoms with Crippen molar-refractivity contribution in [2.75, 3.05) is 19.8 Å². The van der Waals surface area contributed by atoms with E-state index in [9.17, 15) is 29.7 Å². The van der Waals surface area contributed by atoms with E-state index in [1.165, 1.54) is 6.92 Å².